The predicted octanol–water partition coefficient (Wildman–Crippen LogP) is 4.28. The molecule has 0 bridgehead atoms. The maximum Gasteiger partial charge on any atom is 0.0294 e. The average molecular weight is 302 g/mol. The van der Waals surface area contributed by atoms with Crippen LogP contribution in [0.4, 0.5) is 0 Å². The molecule has 0 aromatic rings. The van der Waals surface area contributed by atoms with Gasteiger partial charge in [-0.15, -0.1) is 0 Å². The van der Waals surface area contributed by atoms with Gasteiger partial charge in [-0.2, -0.15) is 23.5 Å². The largest absolute Gasteiger partial charge is 0.313 e. The molecular weight excluding hydrogens is 270 g/mol. The molecule has 2 fully saturated rings. The summed E-state index contributed by atoms with van der Waals surface area (Å²) < 4.78 is 0. The fraction of sp³-hybridized carbons (Fsp3) is 1.00. The topological polar surface area (TPSA) is 12.0 Å². The van der Waals surface area contributed by atoms with Crippen LogP contribution in [0.25, 0.3) is 0 Å². The average Bonchev–Trinajstić information content (AvgIpc) is 2.39. The molecule has 3 heteroatoms. The van der Waals surface area contributed by atoms with E-state index in [-0.39, 0.29) is 0 Å². The lowest BCUT2D eigenvalue weighted by molar-refractivity contribution is 0.176. The molecule has 1 heterocycles. The maximum atomic E-state index is 3.92. The van der Waals surface area contributed by atoms with Gasteiger partial charge in [0, 0.05) is 28.6 Å². The van der Waals surface area contributed by atoms with Crippen LogP contribution in [0.5, 0.6) is 0 Å². The van der Waals surface area contributed by atoms with E-state index in [2.05, 4.69) is 49.6 Å². The Labute approximate surface area is 128 Å². The summed E-state index contributed by atoms with van der Waals surface area (Å²) >= 11 is 4.40. The summed E-state index contributed by atoms with van der Waals surface area (Å²) in [5, 5.41) is 4.77. The molecule has 1 aliphatic carbocycles. The van der Waals surface area contributed by atoms with Crippen LogP contribution in [0, 0.1) is 17.8 Å². The van der Waals surface area contributed by atoms with Crippen LogP contribution in [0.3, 0.4) is 0 Å². The van der Waals surface area contributed by atoms with Crippen molar-refractivity contribution in [1.82, 2.24) is 5.32 Å². The van der Waals surface area contributed by atoms with Crippen LogP contribution in [0.2, 0.25) is 0 Å². The summed E-state index contributed by atoms with van der Waals surface area (Å²) in [6, 6.07) is 0.767. The van der Waals surface area contributed by atoms with Crippen molar-refractivity contribution in [3.05, 3.63) is 0 Å². The molecule has 19 heavy (non-hydrogen) atoms. The maximum absolute atomic E-state index is 3.92. The zero-order valence-electron chi connectivity index (χ0n) is 12.9. The Morgan fingerprint density at radius 1 is 1.11 bits per heavy atom. The molecule has 0 amide bonds. The summed E-state index contributed by atoms with van der Waals surface area (Å²) in [7, 11) is 0. The Morgan fingerprint density at radius 3 is 2.42 bits per heavy atom. The van der Waals surface area contributed by atoms with Gasteiger partial charge in [-0.25, -0.2) is 0 Å². The third-order valence-electron chi connectivity index (χ3n) is 4.60. The molecule has 1 saturated carbocycles. The van der Waals surface area contributed by atoms with Crippen LogP contribution >= 0.6 is 23.5 Å². The first-order valence-corrected chi connectivity index (χ1v) is 10.3. The minimum Gasteiger partial charge on any atom is -0.313 e. The molecule has 0 radical (unpaired) electrons. The van der Waals surface area contributed by atoms with E-state index in [4.69, 9.17) is 0 Å². The van der Waals surface area contributed by atoms with Gasteiger partial charge in [-0.3, -0.25) is 0 Å². The third-order valence-corrected chi connectivity index (χ3v) is 7.48. The summed E-state index contributed by atoms with van der Waals surface area (Å²) in [4.78, 5) is 0. The van der Waals surface area contributed by atoms with Crippen molar-refractivity contribution < 1.29 is 0 Å². The minimum atomic E-state index is 0.767. The molecule has 1 N–H and O–H groups in total. The predicted molar refractivity (Wildman–Crippen MR) is 91.3 cm³/mol. The van der Waals surface area contributed by atoms with E-state index >= 15 is 0 Å². The molecule has 4 unspecified atom stereocenters. The Balaban J connectivity index is 1.98. The highest BCUT2D eigenvalue weighted by Gasteiger charge is 2.35. The second-order valence-corrected chi connectivity index (χ2v) is 9.14. The molecule has 1 nitrogen and oxygen atoms in total. The smallest absolute Gasteiger partial charge is 0.0294 e. The van der Waals surface area contributed by atoms with Gasteiger partial charge in [-0.1, -0.05) is 20.8 Å². The first kappa shape index (κ1) is 16.0. The van der Waals surface area contributed by atoms with E-state index in [1.54, 1.807) is 0 Å². The van der Waals surface area contributed by atoms with Crippen molar-refractivity contribution in [1.29, 1.82) is 0 Å². The Morgan fingerprint density at radius 2 is 1.84 bits per heavy atom. The highest BCUT2D eigenvalue weighted by molar-refractivity contribution is 8.06. The summed E-state index contributed by atoms with van der Waals surface area (Å²) in [6.07, 6.45) is 5.61. The fourth-order valence-corrected chi connectivity index (χ4v) is 6.89. The van der Waals surface area contributed by atoms with Crippen LogP contribution in [-0.2, 0) is 0 Å². The molecule has 1 saturated heterocycles. The molecule has 2 aliphatic rings. The lowest BCUT2D eigenvalue weighted by Crippen LogP contribution is -2.48. The van der Waals surface area contributed by atoms with Gasteiger partial charge in [0.05, 0.1) is 0 Å². The SMILES string of the molecule is CCCNC(C1CC(C)CC(C)C1)C1CSCCS1. The lowest BCUT2D eigenvalue weighted by Gasteiger charge is -2.41. The first-order valence-electron chi connectivity index (χ1n) is 8.13. The van der Waals surface area contributed by atoms with E-state index in [9.17, 15) is 0 Å². The van der Waals surface area contributed by atoms with Gasteiger partial charge in [0.1, 0.15) is 0 Å². The van der Waals surface area contributed by atoms with Crippen molar-refractivity contribution in [2.75, 3.05) is 23.8 Å². The molecule has 1 aliphatic heterocycles. The van der Waals surface area contributed by atoms with Crippen LogP contribution in [0.1, 0.15) is 46.5 Å². The van der Waals surface area contributed by atoms with Crippen molar-refractivity contribution in [3.8, 4) is 0 Å². The van der Waals surface area contributed by atoms with Crippen molar-refractivity contribution >= 4 is 23.5 Å². The van der Waals surface area contributed by atoms with E-state index in [1.165, 1.54) is 49.5 Å². The highest BCUT2D eigenvalue weighted by Crippen LogP contribution is 2.39. The number of rotatable bonds is 5. The highest BCUT2D eigenvalue weighted by atomic mass is 32.2. The van der Waals surface area contributed by atoms with Gasteiger partial charge in [0.15, 0.2) is 0 Å². The number of hydrogen-bond donors (Lipinski definition) is 1. The van der Waals surface area contributed by atoms with Gasteiger partial charge >= 0.3 is 0 Å². The summed E-state index contributed by atoms with van der Waals surface area (Å²) in [5.41, 5.74) is 0. The van der Waals surface area contributed by atoms with Crippen LogP contribution < -0.4 is 5.32 Å². The van der Waals surface area contributed by atoms with Crippen LogP contribution in [0.15, 0.2) is 0 Å². The van der Waals surface area contributed by atoms with Crippen LogP contribution in [-0.4, -0.2) is 35.1 Å². The van der Waals surface area contributed by atoms with Crippen molar-refractivity contribution in [3.63, 3.8) is 0 Å². The number of hydrogen-bond acceptors (Lipinski definition) is 3. The van der Waals surface area contributed by atoms with E-state index in [0.29, 0.717) is 0 Å². The van der Waals surface area contributed by atoms with E-state index in [1.807, 2.05) is 0 Å². The van der Waals surface area contributed by atoms with E-state index < -0.39 is 0 Å². The zero-order valence-corrected chi connectivity index (χ0v) is 14.5. The second kappa shape index (κ2) is 8.19. The minimum absolute atomic E-state index is 0.767. The summed E-state index contributed by atoms with van der Waals surface area (Å²) in [6.45, 7) is 8.41. The monoisotopic (exact) mass is 301 g/mol. The Kier molecular flexibility index (Phi) is 6.91. The lowest BCUT2D eigenvalue weighted by atomic mass is 9.73. The fourth-order valence-electron chi connectivity index (χ4n) is 3.93. The van der Waals surface area contributed by atoms with E-state index in [0.717, 1.165) is 29.0 Å². The third kappa shape index (κ3) is 4.86. The normalized spacial score (nSPS) is 38.1. The van der Waals surface area contributed by atoms with Crippen molar-refractivity contribution in [2.24, 2.45) is 17.8 Å². The van der Waals surface area contributed by atoms with Gasteiger partial charge in [0.2, 0.25) is 0 Å². The molecule has 0 aromatic carbocycles. The molecule has 4 atom stereocenters. The van der Waals surface area contributed by atoms with Gasteiger partial charge in [-0.05, 0) is 50.0 Å². The number of thioether (sulfide) groups is 2. The Bertz CT molecular complexity index is 243. The molecule has 2 rings (SSSR count). The second-order valence-electron chi connectivity index (χ2n) is 6.64. The zero-order chi connectivity index (χ0) is 13.7. The Hall–Kier alpha value is 0.660. The molecular formula is C16H31NS2. The van der Waals surface area contributed by atoms with Crippen molar-refractivity contribution in [2.45, 2.75) is 57.7 Å². The quantitative estimate of drug-likeness (QED) is 0.814. The van der Waals surface area contributed by atoms with Gasteiger partial charge in [0.25, 0.3) is 0 Å². The first-order chi connectivity index (χ1) is 9.20. The molecule has 0 spiro atoms. The van der Waals surface area contributed by atoms with Gasteiger partial charge < -0.3 is 5.32 Å². The molecule has 0 aromatic heterocycles. The number of nitrogens with one attached hydrogen (secondary N) is 1. The molecule has 112 valence electrons. The standard InChI is InChI=1S/C16H31NS2/c1-4-5-17-16(15-11-18-6-7-19-15)14-9-12(2)8-13(3)10-14/h12-17H,4-11H2,1-3H3. The summed E-state index contributed by atoms with van der Waals surface area (Å²) in [5.74, 6) is 6.87.